The fraction of sp³-hybridized carbons (Fsp3) is 0.137. The van der Waals surface area contributed by atoms with Gasteiger partial charge in [0, 0.05) is 81.8 Å². The molecule has 3 aliphatic heterocycles. The molecule has 0 amide bonds. The van der Waals surface area contributed by atoms with Crippen molar-refractivity contribution >= 4 is 72.4 Å². The monoisotopic (exact) mass is 708 g/mol. The molecule has 1 aliphatic carbocycles. The lowest BCUT2D eigenvalue weighted by molar-refractivity contribution is 0.355. The maximum Gasteiger partial charge on any atom is 0.0616 e. The molecule has 0 spiro atoms. The second-order valence-electron chi connectivity index (χ2n) is 16.2. The predicted octanol–water partition coefficient (Wildman–Crippen LogP) is 12.8. The number of allylic oxidation sites excluding steroid dienone is 2. The first-order valence-electron chi connectivity index (χ1n) is 19.5. The van der Waals surface area contributed by atoms with Crippen LogP contribution in [0.15, 0.2) is 158 Å². The van der Waals surface area contributed by atoms with E-state index < -0.39 is 0 Å². The third-order valence-corrected chi connectivity index (χ3v) is 13.1. The highest BCUT2D eigenvalue weighted by molar-refractivity contribution is 6.28. The fourth-order valence-corrected chi connectivity index (χ4v) is 10.5. The van der Waals surface area contributed by atoms with Crippen LogP contribution in [0.1, 0.15) is 23.6 Å². The van der Waals surface area contributed by atoms with Crippen LogP contribution in [0.5, 0.6) is 0 Å². The summed E-state index contributed by atoms with van der Waals surface area (Å²) in [6, 6.07) is 50.5. The molecule has 0 bridgehead atoms. The van der Waals surface area contributed by atoms with Gasteiger partial charge in [-0.2, -0.15) is 0 Å². The molecule has 0 fully saturated rings. The third kappa shape index (κ3) is 4.17. The molecule has 264 valence electrons. The molecule has 4 aliphatic rings. The first-order chi connectivity index (χ1) is 27.0. The molecule has 0 saturated heterocycles. The van der Waals surface area contributed by atoms with Crippen molar-refractivity contribution in [1.82, 2.24) is 4.57 Å². The summed E-state index contributed by atoms with van der Waals surface area (Å²) in [5.74, 6) is 0. The van der Waals surface area contributed by atoms with Gasteiger partial charge in [0.25, 0.3) is 0 Å². The van der Waals surface area contributed by atoms with Crippen LogP contribution in [0, 0.1) is 5.41 Å². The van der Waals surface area contributed by atoms with Gasteiger partial charge in [-0.05, 0) is 88.7 Å². The van der Waals surface area contributed by atoms with E-state index in [-0.39, 0.29) is 11.5 Å². The molecule has 4 nitrogen and oxygen atoms in total. The summed E-state index contributed by atoms with van der Waals surface area (Å²) in [4.78, 5) is 7.43. The van der Waals surface area contributed by atoms with E-state index in [9.17, 15) is 0 Å². The van der Waals surface area contributed by atoms with E-state index in [4.69, 9.17) is 0 Å². The van der Waals surface area contributed by atoms with Crippen molar-refractivity contribution in [3.05, 3.63) is 174 Å². The van der Waals surface area contributed by atoms with Crippen LogP contribution in [-0.4, -0.2) is 17.7 Å². The lowest BCUT2D eigenvalue weighted by Crippen LogP contribution is -2.48. The Morgan fingerprint density at radius 2 is 1.25 bits per heavy atom. The van der Waals surface area contributed by atoms with E-state index in [0.717, 1.165) is 12.8 Å². The summed E-state index contributed by atoms with van der Waals surface area (Å²) in [6.45, 7) is 2.41. The molecule has 2 unspecified atom stereocenters. The predicted molar refractivity (Wildman–Crippen MR) is 231 cm³/mol. The second-order valence-corrected chi connectivity index (χ2v) is 16.2. The third-order valence-electron chi connectivity index (χ3n) is 13.1. The minimum Gasteiger partial charge on any atom is -0.344 e. The van der Waals surface area contributed by atoms with Gasteiger partial charge >= 0.3 is 0 Å². The van der Waals surface area contributed by atoms with Gasteiger partial charge in [0.15, 0.2) is 0 Å². The summed E-state index contributed by atoms with van der Waals surface area (Å²) in [7, 11) is 4.48. The van der Waals surface area contributed by atoms with Gasteiger partial charge in [-0.15, -0.1) is 0 Å². The van der Waals surface area contributed by atoms with Gasteiger partial charge in [0.1, 0.15) is 0 Å². The molecule has 2 atom stereocenters. The molecule has 1 aromatic heterocycles. The van der Waals surface area contributed by atoms with E-state index in [1.807, 2.05) is 0 Å². The van der Waals surface area contributed by atoms with Crippen LogP contribution >= 0.6 is 0 Å². The lowest BCUT2D eigenvalue weighted by atomic mass is 9.70. The topological polar surface area (TPSA) is 14.7 Å². The first kappa shape index (κ1) is 30.9. The van der Waals surface area contributed by atoms with Crippen molar-refractivity contribution in [2.24, 2.45) is 12.5 Å². The minimum absolute atomic E-state index is 0.0216. The molecule has 4 heterocycles. The molecule has 4 heteroatoms. The summed E-state index contributed by atoms with van der Waals surface area (Å²) >= 11 is 0. The summed E-state index contributed by atoms with van der Waals surface area (Å²) in [5, 5.41) is 5.25. The highest BCUT2D eigenvalue weighted by Crippen LogP contribution is 2.54. The molecule has 8 aromatic rings. The van der Waals surface area contributed by atoms with Gasteiger partial charge in [-0.1, -0.05) is 110 Å². The molecular weight excluding hydrogens is 669 g/mol. The number of benzene rings is 7. The smallest absolute Gasteiger partial charge is 0.0616 e. The van der Waals surface area contributed by atoms with E-state index >= 15 is 0 Å². The second kappa shape index (κ2) is 11.0. The molecule has 7 aromatic carbocycles. The first-order valence-corrected chi connectivity index (χ1v) is 19.5. The Hall–Kier alpha value is -6.52. The van der Waals surface area contributed by atoms with Crippen molar-refractivity contribution in [3.8, 4) is 11.1 Å². The van der Waals surface area contributed by atoms with Crippen LogP contribution in [0.4, 0.5) is 39.8 Å². The van der Waals surface area contributed by atoms with Gasteiger partial charge in [-0.25, -0.2) is 0 Å². The van der Waals surface area contributed by atoms with E-state index in [0.29, 0.717) is 0 Å². The van der Waals surface area contributed by atoms with Crippen LogP contribution < -0.4 is 14.7 Å². The Labute approximate surface area is 321 Å². The molecule has 55 heavy (non-hydrogen) atoms. The maximum atomic E-state index is 2.58. The average molecular weight is 709 g/mol. The van der Waals surface area contributed by atoms with E-state index in [2.05, 4.69) is 198 Å². The number of rotatable bonds is 2. The Morgan fingerprint density at radius 3 is 2.05 bits per heavy atom. The van der Waals surface area contributed by atoms with Crippen LogP contribution in [0.2, 0.25) is 0 Å². The number of aryl methyl sites for hydroxylation is 1. The summed E-state index contributed by atoms with van der Waals surface area (Å²) < 4.78 is 2.43. The molecule has 12 rings (SSSR count). The van der Waals surface area contributed by atoms with Crippen molar-refractivity contribution in [1.29, 1.82) is 0 Å². The highest BCUT2D eigenvalue weighted by atomic mass is 15.2. The Kier molecular flexibility index (Phi) is 6.19. The van der Waals surface area contributed by atoms with E-state index in [1.54, 1.807) is 0 Å². The standard InChI is InChI=1S/C51H40N4/c1-51-26-11-10-21-48(51)55(43-19-9-6-15-34(43)31-51)36-23-25-38-46(29-36)53(3)47-30-40-37-24-22-35(28-45(37)52(2)44-20-12-16-39(49(38)47)50(40)44)54-41-17-7-4-13-32(41)27-33-14-5-8-18-42(33)54/h4-26,28-30,48H,27,31H2,1-3H3. The van der Waals surface area contributed by atoms with E-state index in [1.165, 1.54) is 100 Å². The Balaban J connectivity index is 1.05. The van der Waals surface area contributed by atoms with Crippen LogP contribution in [0.25, 0.3) is 43.7 Å². The minimum atomic E-state index is 0.0216. The molecule has 0 radical (unpaired) electrons. The number of nitrogens with zero attached hydrogens (tertiary/aromatic N) is 4. The maximum absolute atomic E-state index is 2.58. The number of hydrogen-bond acceptors (Lipinski definition) is 3. The normalized spacial score (nSPS) is 19.0. The van der Waals surface area contributed by atoms with Crippen LogP contribution in [0.3, 0.4) is 0 Å². The van der Waals surface area contributed by atoms with Crippen molar-refractivity contribution in [2.45, 2.75) is 25.8 Å². The number of hydrogen-bond donors (Lipinski definition) is 0. The van der Waals surface area contributed by atoms with Gasteiger partial charge < -0.3 is 19.3 Å². The Bertz CT molecular complexity index is 2970. The largest absolute Gasteiger partial charge is 0.344 e. The zero-order chi connectivity index (χ0) is 36.6. The zero-order valence-corrected chi connectivity index (χ0v) is 31.3. The average Bonchev–Trinajstić information content (AvgIpc) is 3.50. The molecule has 0 N–H and O–H groups in total. The lowest BCUT2D eigenvalue weighted by Gasteiger charge is -2.48. The highest BCUT2D eigenvalue weighted by Gasteiger charge is 2.42. The van der Waals surface area contributed by atoms with Crippen molar-refractivity contribution in [2.75, 3.05) is 21.7 Å². The van der Waals surface area contributed by atoms with Gasteiger partial charge in [0.2, 0.25) is 0 Å². The quantitative estimate of drug-likeness (QED) is 0.178. The number of fused-ring (bicyclic) bond motifs is 10. The number of para-hydroxylation sites is 3. The molecule has 0 saturated carbocycles. The van der Waals surface area contributed by atoms with Crippen molar-refractivity contribution in [3.63, 3.8) is 0 Å². The number of anilines is 7. The Morgan fingerprint density at radius 1 is 0.545 bits per heavy atom. The summed E-state index contributed by atoms with van der Waals surface area (Å²) in [6.07, 6.45) is 11.2. The zero-order valence-electron chi connectivity index (χ0n) is 31.3. The van der Waals surface area contributed by atoms with Gasteiger partial charge in [-0.3, -0.25) is 0 Å². The van der Waals surface area contributed by atoms with Crippen molar-refractivity contribution < 1.29 is 0 Å². The molecular formula is C51H40N4. The van der Waals surface area contributed by atoms with Gasteiger partial charge in [0.05, 0.1) is 22.8 Å². The SMILES string of the molecule is CN1c2cc(N3c4ccccc4Cc4ccccc43)ccc2-c2cc3c(c4cccc1c24)c1ccc(N2c4ccccc4CC4(C)C=CC=CC24)cc1n3C. The number of aromatic nitrogens is 1. The summed E-state index contributed by atoms with van der Waals surface area (Å²) in [5.41, 5.74) is 17.9. The fourth-order valence-electron chi connectivity index (χ4n) is 10.5. The van der Waals surface area contributed by atoms with Crippen LogP contribution in [-0.2, 0) is 19.9 Å².